The van der Waals surface area contributed by atoms with E-state index in [1.165, 1.54) is 62.3 Å². The molecule has 0 radical (unpaired) electrons. The van der Waals surface area contributed by atoms with E-state index >= 15 is 0 Å². The molecule has 0 aromatic heterocycles. The van der Waals surface area contributed by atoms with E-state index in [-0.39, 0.29) is 38.8 Å². The van der Waals surface area contributed by atoms with E-state index in [0.29, 0.717) is 11.3 Å². The summed E-state index contributed by atoms with van der Waals surface area (Å²) in [6, 6.07) is 12.9. The van der Waals surface area contributed by atoms with Crippen LogP contribution in [0.5, 0.6) is 5.75 Å². The molecule has 0 aliphatic rings. The van der Waals surface area contributed by atoms with E-state index in [4.69, 9.17) is 27.9 Å². The van der Waals surface area contributed by atoms with E-state index in [0.717, 1.165) is 10.4 Å². The van der Waals surface area contributed by atoms with Gasteiger partial charge in [-0.3, -0.25) is 24.0 Å². The minimum absolute atomic E-state index is 0.0902. The largest absolute Gasteiger partial charge is 0.497 e. The maximum Gasteiger partial charge on any atom is 0.273 e. The second-order valence-corrected chi connectivity index (χ2v) is 12.7. The number of hydrogen-bond donors (Lipinski definition) is 1. The van der Waals surface area contributed by atoms with Gasteiger partial charge in [0, 0.05) is 39.8 Å². The smallest absolute Gasteiger partial charge is 0.273 e. The third kappa shape index (κ3) is 7.95. The van der Waals surface area contributed by atoms with Crippen molar-refractivity contribution in [1.82, 2.24) is 10.2 Å². The Balaban J connectivity index is 2.13. The molecular weight excluding hydrogens is 619 g/mol. The highest BCUT2D eigenvalue weighted by atomic mass is 35.5. The van der Waals surface area contributed by atoms with Gasteiger partial charge in [-0.1, -0.05) is 35.3 Å². The molecule has 0 aliphatic carbocycles. The van der Waals surface area contributed by atoms with Gasteiger partial charge in [0.05, 0.1) is 22.6 Å². The summed E-state index contributed by atoms with van der Waals surface area (Å²) in [7, 11) is -3.10. The Morgan fingerprint density at radius 1 is 1.02 bits per heavy atom. The van der Waals surface area contributed by atoms with Crippen molar-refractivity contribution in [3.05, 3.63) is 92.0 Å². The lowest BCUT2D eigenvalue weighted by Gasteiger charge is -2.32. The number of benzene rings is 3. The summed E-state index contributed by atoms with van der Waals surface area (Å²) in [5.41, 5.74) is 0.337. The zero-order valence-electron chi connectivity index (χ0n) is 24.2. The van der Waals surface area contributed by atoms with Crippen LogP contribution in [-0.2, 0) is 26.2 Å². The number of nitrogens with one attached hydrogen (secondary N) is 1. The molecule has 0 unspecified atom stereocenters. The number of nitro benzene ring substituents is 1. The highest BCUT2D eigenvalue weighted by molar-refractivity contribution is 7.92. The number of ether oxygens (including phenoxy) is 1. The molecule has 1 N–H and O–H groups in total. The van der Waals surface area contributed by atoms with Crippen molar-refractivity contribution in [2.45, 2.75) is 51.2 Å². The molecule has 0 saturated carbocycles. The number of hydrogen-bond acceptors (Lipinski definition) is 7. The van der Waals surface area contributed by atoms with Gasteiger partial charge in [0.2, 0.25) is 11.8 Å². The molecule has 3 aromatic rings. The molecule has 0 saturated heterocycles. The van der Waals surface area contributed by atoms with Crippen molar-refractivity contribution < 1.29 is 27.7 Å². The molecule has 3 rings (SSSR count). The lowest BCUT2D eigenvalue weighted by molar-refractivity contribution is -0.385. The standard InChI is InChI=1S/C29H32Cl2N4O7S/c1-18(2)32-29(37)20(4)33(16-24-25(30)7-6-8-26(24)31)28(36)17-34(21-10-12-22(42-5)13-11-21)43(40,41)23-14-9-19(3)27(15-23)35(38)39/h6-15,18,20H,16-17H2,1-5H3,(H,32,37)/t20-/m1/s1. The molecule has 0 heterocycles. The Morgan fingerprint density at radius 3 is 2.16 bits per heavy atom. The van der Waals surface area contributed by atoms with Crippen LogP contribution in [0.3, 0.4) is 0 Å². The topological polar surface area (TPSA) is 139 Å². The average molecular weight is 652 g/mol. The van der Waals surface area contributed by atoms with Crippen LogP contribution in [0, 0.1) is 17.0 Å². The lowest BCUT2D eigenvalue weighted by Crippen LogP contribution is -2.52. The summed E-state index contributed by atoms with van der Waals surface area (Å²) >= 11 is 12.8. The highest BCUT2D eigenvalue weighted by Gasteiger charge is 2.34. The average Bonchev–Trinajstić information content (AvgIpc) is 2.95. The van der Waals surface area contributed by atoms with Crippen LogP contribution < -0.4 is 14.4 Å². The van der Waals surface area contributed by atoms with Crippen LogP contribution in [-0.4, -0.2) is 55.8 Å². The van der Waals surface area contributed by atoms with Gasteiger partial charge < -0.3 is 15.0 Å². The third-order valence-corrected chi connectivity index (χ3v) is 9.07. The molecule has 1 atom stereocenters. The summed E-state index contributed by atoms with van der Waals surface area (Å²) in [4.78, 5) is 38.8. The molecule has 0 spiro atoms. The SMILES string of the molecule is COc1ccc(N(CC(=O)N(Cc2c(Cl)cccc2Cl)[C@H](C)C(=O)NC(C)C)S(=O)(=O)c2ccc(C)c([N+](=O)[O-])c2)cc1. The van der Waals surface area contributed by atoms with Gasteiger partial charge in [0.15, 0.2) is 0 Å². The Labute approximate surface area is 260 Å². The first-order valence-electron chi connectivity index (χ1n) is 13.1. The van der Waals surface area contributed by atoms with E-state index < -0.39 is 45.0 Å². The monoisotopic (exact) mass is 650 g/mol. The van der Waals surface area contributed by atoms with Crippen molar-refractivity contribution in [1.29, 1.82) is 0 Å². The fraction of sp³-hybridized carbons (Fsp3) is 0.310. The molecule has 0 bridgehead atoms. The number of sulfonamides is 1. The lowest BCUT2D eigenvalue weighted by atomic mass is 10.1. The molecule has 43 heavy (non-hydrogen) atoms. The Morgan fingerprint density at radius 2 is 1.63 bits per heavy atom. The summed E-state index contributed by atoms with van der Waals surface area (Å²) in [5.74, 6) is -0.782. The van der Waals surface area contributed by atoms with E-state index in [9.17, 15) is 28.1 Å². The number of halogens is 2. The summed E-state index contributed by atoms with van der Waals surface area (Å²) in [6.07, 6.45) is 0. The molecule has 2 amide bonds. The van der Waals surface area contributed by atoms with Crippen LogP contribution in [0.1, 0.15) is 31.9 Å². The number of nitro groups is 1. The van der Waals surface area contributed by atoms with Crippen LogP contribution >= 0.6 is 23.2 Å². The summed E-state index contributed by atoms with van der Waals surface area (Å²) < 4.78 is 34.1. The normalized spacial score (nSPS) is 12.0. The number of carbonyl (C=O) groups excluding carboxylic acids is 2. The summed E-state index contributed by atoms with van der Waals surface area (Å²) in [6.45, 7) is 5.58. The predicted molar refractivity (Wildman–Crippen MR) is 165 cm³/mol. The quantitative estimate of drug-likeness (QED) is 0.206. The Hall–Kier alpha value is -3.87. The zero-order chi connectivity index (χ0) is 32.1. The number of aryl methyl sites for hydroxylation is 1. The van der Waals surface area contributed by atoms with Gasteiger partial charge in [-0.25, -0.2) is 8.42 Å². The van der Waals surface area contributed by atoms with Crippen molar-refractivity contribution in [2.75, 3.05) is 18.0 Å². The van der Waals surface area contributed by atoms with Crippen LogP contribution in [0.15, 0.2) is 65.6 Å². The molecule has 11 nitrogen and oxygen atoms in total. The Kier molecular flexibility index (Phi) is 11.0. The first-order valence-corrected chi connectivity index (χ1v) is 15.3. The third-order valence-electron chi connectivity index (χ3n) is 6.59. The molecule has 230 valence electrons. The maximum atomic E-state index is 14.0. The number of methoxy groups -OCH3 is 1. The van der Waals surface area contributed by atoms with Crippen LogP contribution in [0.25, 0.3) is 0 Å². The van der Waals surface area contributed by atoms with Crippen molar-refractivity contribution in [2.24, 2.45) is 0 Å². The van der Waals surface area contributed by atoms with Crippen molar-refractivity contribution in [3.63, 3.8) is 0 Å². The van der Waals surface area contributed by atoms with Crippen LogP contribution in [0.2, 0.25) is 10.0 Å². The van der Waals surface area contributed by atoms with E-state index in [2.05, 4.69) is 5.32 Å². The fourth-order valence-electron chi connectivity index (χ4n) is 4.19. The molecule has 0 aliphatic heterocycles. The van der Waals surface area contributed by atoms with Gasteiger partial charge in [-0.2, -0.15) is 0 Å². The van der Waals surface area contributed by atoms with Gasteiger partial charge in [-0.05, 0) is 70.2 Å². The van der Waals surface area contributed by atoms with E-state index in [1.54, 1.807) is 32.0 Å². The van der Waals surface area contributed by atoms with Gasteiger partial charge in [0.1, 0.15) is 18.3 Å². The predicted octanol–water partition coefficient (Wildman–Crippen LogP) is 5.36. The summed E-state index contributed by atoms with van der Waals surface area (Å²) in [5, 5.41) is 14.9. The Bertz CT molecular complexity index is 1600. The minimum Gasteiger partial charge on any atom is -0.497 e. The zero-order valence-corrected chi connectivity index (χ0v) is 26.5. The molecule has 14 heteroatoms. The molecule has 3 aromatic carbocycles. The van der Waals surface area contributed by atoms with Crippen molar-refractivity contribution >= 4 is 56.4 Å². The highest BCUT2D eigenvalue weighted by Crippen LogP contribution is 2.31. The number of anilines is 1. The minimum atomic E-state index is -4.54. The fourth-order valence-corrected chi connectivity index (χ4v) is 6.14. The van der Waals surface area contributed by atoms with Gasteiger partial charge >= 0.3 is 0 Å². The van der Waals surface area contributed by atoms with Crippen molar-refractivity contribution in [3.8, 4) is 5.75 Å². The first kappa shape index (κ1) is 33.6. The maximum absolute atomic E-state index is 14.0. The number of amides is 2. The van der Waals surface area contributed by atoms with Crippen LogP contribution in [0.4, 0.5) is 11.4 Å². The number of carbonyl (C=O) groups is 2. The molecule has 0 fully saturated rings. The second-order valence-electron chi connectivity index (χ2n) is 9.98. The van der Waals surface area contributed by atoms with Gasteiger partial charge in [-0.15, -0.1) is 0 Å². The first-order chi connectivity index (χ1) is 20.2. The molecular formula is C29H32Cl2N4O7S. The second kappa shape index (κ2) is 14.1. The number of nitrogens with zero attached hydrogens (tertiary/aromatic N) is 3. The number of rotatable bonds is 12. The van der Waals surface area contributed by atoms with E-state index in [1.807, 2.05) is 0 Å². The van der Waals surface area contributed by atoms with Gasteiger partial charge in [0.25, 0.3) is 15.7 Å².